The summed E-state index contributed by atoms with van der Waals surface area (Å²) in [4.78, 5) is 24.0. The van der Waals surface area contributed by atoms with Crippen molar-refractivity contribution in [2.24, 2.45) is 0 Å². The predicted octanol–water partition coefficient (Wildman–Crippen LogP) is 0.463. The number of hydrogen-bond donors (Lipinski definition) is 0. The molecule has 1 heterocycles. The first kappa shape index (κ1) is 17.2. The molecule has 1 aliphatic heterocycles. The molecule has 0 aliphatic carbocycles. The predicted molar refractivity (Wildman–Crippen MR) is 83.1 cm³/mol. The van der Waals surface area contributed by atoms with Crippen LogP contribution in [0.3, 0.4) is 0 Å². The van der Waals surface area contributed by atoms with Crippen LogP contribution in [0.15, 0.2) is 18.2 Å². The lowest BCUT2D eigenvalue weighted by atomic mass is 10.1. The van der Waals surface area contributed by atoms with Crippen molar-refractivity contribution in [3.8, 4) is 0 Å². The molecule has 126 valence electrons. The van der Waals surface area contributed by atoms with Crippen LogP contribution >= 0.6 is 0 Å². The molecule has 1 fully saturated rings. The number of piperazine rings is 1. The zero-order valence-corrected chi connectivity index (χ0v) is 13.6. The number of hydrogen-bond acceptors (Lipinski definition) is 7. The zero-order chi connectivity index (χ0) is 17.2. The second kappa shape index (κ2) is 6.50. The van der Waals surface area contributed by atoms with Crippen LogP contribution in [0.5, 0.6) is 0 Å². The van der Waals surface area contributed by atoms with E-state index in [4.69, 9.17) is 0 Å². The van der Waals surface area contributed by atoms with Gasteiger partial charge in [0.15, 0.2) is 0 Å². The van der Waals surface area contributed by atoms with Crippen molar-refractivity contribution in [1.82, 2.24) is 4.31 Å². The Morgan fingerprint density at radius 2 is 1.87 bits per heavy atom. The van der Waals surface area contributed by atoms with Crippen molar-refractivity contribution in [2.75, 3.05) is 44.4 Å². The molecular formula is C13H17N3O6S. The van der Waals surface area contributed by atoms with E-state index in [1.807, 2.05) is 4.90 Å². The van der Waals surface area contributed by atoms with Crippen molar-refractivity contribution >= 4 is 27.4 Å². The Morgan fingerprint density at radius 3 is 2.35 bits per heavy atom. The summed E-state index contributed by atoms with van der Waals surface area (Å²) in [5, 5.41) is 10.9. The Kier molecular flexibility index (Phi) is 4.85. The SMILES string of the molecule is COC(=O)c1cc([N+](=O)[O-])ccc1N1CCN(S(C)(=O)=O)CC1. The Labute approximate surface area is 133 Å². The average molecular weight is 343 g/mol. The fraction of sp³-hybridized carbons (Fsp3) is 0.462. The molecule has 0 N–H and O–H groups in total. The molecule has 1 saturated heterocycles. The number of anilines is 1. The molecule has 23 heavy (non-hydrogen) atoms. The summed E-state index contributed by atoms with van der Waals surface area (Å²) in [7, 11) is -2.05. The normalized spacial score (nSPS) is 16.2. The molecule has 0 bridgehead atoms. The fourth-order valence-corrected chi connectivity index (χ4v) is 3.27. The smallest absolute Gasteiger partial charge is 0.340 e. The third kappa shape index (κ3) is 3.77. The summed E-state index contributed by atoms with van der Waals surface area (Å²) in [6, 6.07) is 3.97. The van der Waals surface area contributed by atoms with Gasteiger partial charge in [-0.3, -0.25) is 10.1 Å². The van der Waals surface area contributed by atoms with Gasteiger partial charge in [0, 0.05) is 38.3 Å². The van der Waals surface area contributed by atoms with Crippen LogP contribution in [-0.4, -0.2) is 63.2 Å². The van der Waals surface area contributed by atoms with Gasteiger partial charge in [-0.15, -0.1) is 0 Å². The highest BCUT2D eigenvalue weighted by molar-refractivity contribution is 7.88. The Morgan fingerprint density at radius 1 is 1.26 bits per heavy atom. The minimum atomic E-state index is -3.25. The average Bonchev–Trinajstić information content (AvgIpc) is 2.52. The van der Waals surface area contributed by atoms with Crippen LogP contribution in [0.25, 0.3) is 0 Å². The molecule has 1 aromatic carbocycles. The van der Waals surface area contributed by atoms with E-state index in [0.717, 1.165) is 6.26 Å². The zero-order valence-electron chi connectivity index (χ0n) is 12.8. The van der Waals surface area contributed by atoms with Gasteiger partial charge in [0.2, 0.25) is 10.0 Å². The van der Waals surface area contributed by atoms with Crippen LogP contribution in [0, 0.1) is 10.1 Å². The van der Waals surface area contributed by atoms with E-state index in [1.165, 1.54) is 29.6 Å². The highest BCUT2D eigenvalue weighted by Crippen LogP contribution is 2.27. The number of esters is 1. The number of methoxy groups -OCH3 is 1. The minimum absolute atomic E-state index is 0.0921. The van der Waals surface area contributed by atoms with Crippen molar-refractivity contribution in [1.29, 1.82) is 0 Å². The lowest BCUT2D eigenvalue weighted by molar-refractivity contribution is -0.384. The molecular weight excluding hydrogens is 326 g/mol. The summed E-state index contributed by atoms with van der Waals surface area (Å²) < 4.78 is 29.1. The molecule has 0 aromatic heterocycles. The van der Waals surface area contributed by atoms with Gasteiger partial charge < -0.3 is 9.64 Å². The number of ether oxygens (including phenoxy) is 1. The van der Waals surface area contributed by atoms with E-state index in [9.17, 15) is 23.3 Å². The third-order valence-electron chi connectivity index (χ3n) is 3.64. The molecule has 0 unspecified atom stereocenters. The maximum Gasteiger partial charge on any atom is 0.340 e. The summed E-state index contributed by atoms with van der Waals surface area (Å²) in [6.07, 6.45) is 1.15. The van der Waals surface area contributed by atoms with Crippen molar-refractivity contribution in [3.63, 3.8) is 0 Å². The van der Waals surface area contributed by atoms with E-state index in [0.29, 0.717) is 18.8 Å². The number of rotatable bonds is 4. The number of nitrogens with zero attached hydrogens (tertiary/aromatic N) is 3. The first-order valence-electron chi connectivity index (χ1n) is 6.81. The first-order chi connectivity index (χ1) is 10.7. The Balaban J connectivity index is 2.29. The number of carbonyl (C=O) groups excluding carboxylic acids is 1. The van der Waals surface area contributed by atoms with E-state index in [-0.39, 0.29) is 24.3 Å². The van der Waals surface area contributed by atoms with Gasteiger partial charge >= 0.3 is 5.97 Å². The van der Waals surface area contributed by atoms with Crippen molar-refractivity contribution < 1.29 is 22.9 Å². The lowest BCUT2D eigenvalue weighted by Crippen LogP contribution is -2.48. The second-order valence-electron chi connectivity index (χ2n) is 5.10. The van der Waals surface area contributed by atoms with E-state index in [2.05, 4.69) is 4.74 Å². The van der Waals surface area contributed by atoms with Gasteiger partial charge in [0.05, 0.1) is 29.5 Å². The van der Waals surface area contributed by atoms with Gasteiger partial charge in [0.1, 0.15) is 0 Å². The van der Waals surface area contributed by atoms with Crippen LogP contribution in [0.4, 0.5) is 11.4 Å². The molecule has 10 heteroatoms. The number of nitro benzene ring substituents is 1. The molecule has 1 aromatic rings. The summed E-state index contributed by atoms with van der Waals surface area (Å²) >= 11 is 0. The quantitative estimate of drug-likeness (QED) is 0.444. The topological polar surface area (TPSA) is 110 Å². The summed E-state index contributed by atoms with van der Waals surface area (Å²) in [5.74, 6) is -0.672. The minimum Gasteiger partial charge on any atom is -0.465 e. The first-order valence-corrected chi connectivity index (χ1v) is 8.65. The van der Waals surface area contributed by atoms with Gasteiger partial charge in [-0.2, -0.15) is 4.31 Å². The molecule has 0 spiro atoms. The number of nitro groups is 1. The van der Waals surface area contributed by atoms with Crippen LogP contribution < -0.4 is 4.90 Å². The van der Waals surface area contributed by atoms with Gasteiger partial charge in [-0.1, -0.05) is 0 Å². The maximum atomic E-state index is 11.9. The lowest BCUT2D eigenvalue weighted by Gasteiger charge is -2.35. The molecule has 0 atom stereocenters. The van der Waals surface area contributed by atoms with Crippen LogP contribution in [0.1, 0.15) is 10.4 Å². The van der Waals surface area contributed by atoms with Gasteiger partial charge in [-0.05, 0) is 6.07 Å². The Hall–Kier alpha value is -2.20. The second-order valence-corrected chi connectivity index (χ2v) is 7.08. The summed E-state index contributed by atoms with van der Waals surface area (Å²) in [5.41, 5.74) is 0.383. The summed E-state index contributed by atoms with van der Waals surface area (Å²) in [6.45, 7) is 1.34. The van der Waals surface area contributed by atoms with Crippen molar-refractivity contribution in [2.45, 2.75) is 0 Å². The van der Waals surface area contributed by atoms with E-state index in [1.54, 1.807) is 0 Å². The Bertz CT molecular complexity index is 725. The highest BCUT2D eigenvalue weighted by Gasteiger charge is 2.27. The number of non-ortho nitro benzene ring substituents is 1. The van der Waals surface area contributed by atoms with Crippen LogP contribution in [0.2, 0.25) is 0 Å². The van der Waals surface area contributed by atoms with Crippen molar-refractivity contribution in [3.05, 3.63) is 33.9 Å². The standard InChI is InChI=1S/C13H17N3O6S/c1-22-13(17)11-9-10(16(18)19)3-4-12(11)14-5-7-15(8-6-14)23(2,20)21/h3-4,9H,5-8H2,1-2H3. The van der Waals surface area contributed by atoms with E-state index >= 15 is 0 Å². The molecule has 9 nitrogen and oxygen atoms in total. The number of sulfonamides is 1. The van der Waals surface area contributed by atoms with Crippen LogP contribution in [-0.2, 0) is 14.8 Å². The molecule has 0 amide bonds. The molecule has 0 radical (unpaired) electrons. The largest absolute Gasteiger partial charge is 0.465 e. The third-order valence-corrected chi connectivity index (χ3v) is 4.95. The molecule has 0 saturated carbocycles. The molecule has 1 aliphatic rings. The monoisotopic (exact) mass is 343 g/mol. The highest BCUT2D eigenvalue weighted by atomic mass is 32.2. The number of benzene rings is 1. The maximum absolute atomic E-state index is 11.9. The van der Waals surface area contributed by atoms with E-state index < -0.39 is 20.9 Å². The fourth-order valence-electron chi connectivity index (χ4n) is 2.45. The number of carbonyl (C=O) groups is 1. The van der Waals surface area contributed by atoms with Gasteiger partial charge in [0.25, 0.3) is 5.69 Å². The van der Waals surface area contributed by atoms with Gasteiger partial charge in [-0.25, -0.2) is 13.2 Å². The molecule has 2 rings (SSSR count).